The number of carbonyl (C=O) groups excluding carboxylic acids is 2. The van der Waals surface area contributed by atoms with Crippen LogP contribution in [0.1, 0.15) is 206 Å². The molecule has 1 unspecified atom stereocenters. The van der Waals surface area contributed by atoms with Gasteiger partial charge in [0.05, 0.1) is 6.61 Å². The summed E-state index contributed by atoms with van der Waals surface area (Å²) in [6, 6.07) is 0. The summed E-state index contributed by atoms with van der Waals surface area (Å²) in [5, 5.41) is 9.64. The van der Waals surface area contributed by atoms with Gasteiger partial charge < -0.3 is 14.6 Å². The minimum Gasteiger partial charge on any atom is -0.462 e. The van der Waals surface area contributed by atoms with Crippen LogP contribution >= 0.6 is 0 Å². The van der Waals surface area contributed by atoms with Crippen LogP contribution in [-0.4, -0.2) is 36.4 Å². The Hall–Kier alpha value is -4.22. The fraction of sp³-hybridized carbons (Fsp3) is 0.574. The Kier molecular flexibility index (Phi) is 51.6. The number of aliphatic hydroxyl groups excluding tert-OH is 1. The summed E-state index contributed by atoms with van der Waals surface area (Å²) in [4.78, 5) is 24.5. The molecule has 0 saturated carbocycles. The molecule has 0 amide bonds. The molecule has 0 aromatic rings. The highest BCUT2D eigenvalue weighted by Gasteiger charge is 2.16. The Morgan fingerprint density at radius 1 is 0.348 bits per heavy atom. The summed E-state index contributed by atoms with van der Waals surface area (Å²) in [5.41, 5.74) is 0. The fourth-order valence-electron chi connectivity index (χ4n) is 6.74. The number of esters is 2. The zero-order valence-corrected chi connectivity index (χ0v) is 42.1. The van der Waals surface area contributed by atoms with Crippen LogP contribution in [0.3, 0.4) is 0 Å². The van der Waals surface area contributed by atoms with E-state index in [0.717, 1.165) is 135 Å². The molecule has 0 bridgehead atoms. The van der Waals surface area contributed by atoms with Crippen LogP contribution in [-0.2, 0) is 19.1 Å². The van der Waals surface area contributed by atoms with Gasteiger partial charge in [-0.15, -0.1) is 0 Å². The van der Waals surface area contributed by atoms with Gasteiger partial charge in [0.1, 0.15) is 6.61 Å². The molecule has 1 N–H and O–H groups in total. The normalized spacial score (nSPS) is 13.4. The van der Waals surface area contributed by atoms with Gasteiger partial charge in [-0.2, -0.15) is 0 Å². The molecule has 66 heavy (non-hydrogen) atoms. The van der Waals surface area contributed by atoms with Gasteiger partial charge in [0.2, 0.25) is 0 Å². The molecule has 0 aromatic carbocycles. The second-order valence-corrected chi connectivity index (χ2v) is 16.8. The lowest BCUT2D eigenvalue weighted by molar-refractivity contribution is -0.161. The highest BCUT2D eigenvalue weighted by atomic mass is 16.6. The van der Waals surface area contributed by atoms with Crippen molar-refractivity contribution in [2.45, 2.75) is 213 Å². The van der Waals surface area contributed by atoms with Gasteiger partial charge in [-0.05, 0) is 116 Å². The summed E-state index contributed by atoms with van der Waals surface area (Å²) in [6.45, 7) is 3.88. The van der Waals surface area contributed by atoms with Gasteiger partial charge in [-0.3, -0.25) is 9.59 Å². The molecule has 5 nitrogen and oxygen atoms in total. The predicted octanol–water partition coefficient (Wildman–Crippen LogP) is 17.9. The summed E-state index contributed by atoms with van der Waals surface area (Å²) in [7, 11) is 0. The van der Waals surface area contributed by atoms with E-state index < -0.39 is 6.10 Å². The first-order valence-corrected chi connectivity index (χ1v) is 26.4. The van der Waals surface area contributed by atoms with Crippen molar-refractivity contribution in [3.8, 4) is 0 Å². The lowest BCUT2D eigenvalue weighted by Gasteiger charge is -2.15. The number of unbranched alkanes of at least 4 members (excludes halogenated alkanes) is 14. The minimum absolute atomic E-state index is 0.0863. The number of hydrogen-bond donors (Lipinski definition) is 1. The van der Waals surface area contributed by atoms with Gasteiger partial charge in [0.15, 0.2) is 6.10 Å². The molecular formula is C61H96O5. The third-order valence-electron chi connectivity index (χ3n) is 10.6. The SMILES string of the molecule is CC/C=C\C/C=C\C/C=C\C/C=C\C/C=C\C/C=C\C/C=C\C/C=C\CCCCCCCCC(=O)OC(CO)COC(=O)CCCCCCCCCC/C=C\C/C=C\C/C=C\C/C=C\CC. The second kappa shape index (κ2) is 55.1. The molecule has 0 spiro atoms. The van der Waals surface area contributed by atoms with Crippen molar-refractivity contribution in [1.29, 1.82) is 0 Å². The van der Waals surface area contributed by atoms with Crippen molar-refractivity contribution in [3.05, 3.63) is 146 Å². The summed E-state index contributed by atoms with van der Waals surface area (Å²) in [5.74, 6) is -0.628. The molecule has 1 atom stereocenters. The molecule has 370 valence electrons. The van der Waals surface area contributed by atoms with E-state index in [1.54, 1.807) is 0 Å². The predicted molar refractivity (Wildman–Crippen MR) is 287 cm³/mol. The lowest BCUT2D eigenvalue weighted by Crippen LogP contribution is -2.28. The van der Waals surface area contributed by atoms with E-state index in [4.69, 9.17) is 9.47 Å². The fourth-order valence-corrected chi connectivity index (χ4v) is 6.74. The van der Waals surface area contributed by atoms with Crippen LogP contribution in [0.25, 0.3) is 0 Å². The van der Waals surface area contributed by atoms with Crippen LogP contribution in [0.4, 0.5) is 0 Å². The Morgan fingerprint density at radius 3 is 0.909 bits per heavy atom. The number of rotatable bonds is 46. The summed E-state index contributed by atoms with van der Waals surface area (Å²) < 4.78 is 10.7. The molecular weight excluding hydrogens is 813 g/mol. The summed E-state index contributed by atoms with van der Waals surface area (Å²) in [6.07, 6.45) is 83.6. The molecule has 0 rings (SSSR count). The molecule has 0 heterocycles. The zero-order chi connectivity index (χ0) is 47.7. The molecule has 0 aromatic heterocycles. The zero-order valence-electron chi connectivity index (χ0n) is 42.1. The van der Waals surface area contributed by atoms with Gasteiger partial charge >= 0.3 is 11.9 Å². The first kappa shape index (κ1) is 61.8. The molecule has 0 radical (unpaired) electrons. The van der Waals surface area contributed by atoms with E-state index in [9.17, 15) is 14.7 Å². The van der Waals surface area contributed by atoms with E-state index in [1.807, 2.05) is 0 Å². The van der Waals surface area contributed by atoms with Crippen molar-refractivity contribution >= 4 is 11.9 Å². The lowest BCUT2D eigenvalue weighted by atomic mass is 10.1. The smallest absolute Gasteiger partial charge is 0.306 e. The van der Waals surface area contributed by atoms with Gasteiger partial charge in [-0.25, -0.2) is 0 Å². The number of allylic oxidation sites excluding steroid dienone is 24. The Balaban J connectivity index is 3.64. The van der Waals surface area contributed by atoms with Crippen LogP contribution in [0.15, 0.2) is 146 Å². The maximum Gasteiger partial charge on any atom is 0.306 e. The largest absolute Gasteiger partial charge is 0.462 e. The van der Waals surface area contributed by atoms with Crippen LogP contribution < -0.4 is 0 Å². The number of carbonyl (C=O) groups is 2. The average molecular weight is 909 g/mol. The van der Waals surface area contributed by atoms with Crippen LogP contribution in [0, 0.1) is 0 Å². The maximum absolute atomic E-state index is 12.3. The Labute approximate surface area is 406 Å². The topological polar surface area (TPSA) is 72.8 Å². The van der Waals surface area contributed by atoms with E-state index in [2.05, 4.69) is 160 Å². The van der Waals surface area contributed by atoms with E-state index in [-0.39, 0.29) is 25.2 Å². The maximum atomic E-state index is 12.3. The Morgan fingerprint density at radius 2 is 0.606 bits per heavy atom. The van der Waals surface area contributed by atoms with E-state index in [1.165, 1.54) is 44.9 Å². The highest BCUT2D eigenvalue weighted by molar-refractivity contribution is 5.70. The number of ether oxygens (including phenoxy) is 2. The van der Waals surface area contributed by atoms with Crippen molar-refractivity contribution in [1.82, 2.24) is 0 Å². The Bertz CT molecular complexity index is 1450. The highest BCUT2D eigenvalue weighted by Crippen LogP contribution is 2.13. The van der Waals surface area contributed by atoms with Gasteiger partial charge in [0, 0.05) is 12.8 Å². The standard InChI is InChI=1S/C61H96O5/c1-3-5-7-9-11-13-15-17-19-21-23-25-26-27-28-29-30-31-32-33-34-36-38-40-42-44-46-48-50-52-54-56-61(64)66-59(57-62)58-65-60(63)55-53-51-49-47-45-43-41-39-37-35-24-22-20-18-16-14-12-10-8-6-4-2/h5-8,11-14,17-20,23-25,27-28,30-31,33-35,38,40,59,62H,3-4,9-10,15-16,21-22,26,29,32,36-37,39,41-58H2,1-2H3/b7-5-,8-6-,13-11-,14-12-,19-17-,20-18-,25-23-,28-27-,31-30-,34-33-,35-24-,40-38-. The first-order chi connectivity index (χ1) is 32.6. The molecule has 0 aliphatic rings. The molecule has 0 aliphatic carbocycles. The third-order valence-corrected chi connectivity index (χ3v) is 10.6. The molecule has 5 heteroatoms. The molecule has 0 saturated heterocycles. The van der Waals surface area contributed by atoms with Crippen molar-refractivity contribution in [2.75, 3.05) is 13.2 Å². The second-order valence-electron chi connectivity index (χ2n) is 16.8. The van der Waals surface area contributed by atoms with E-state index >= 15 is 0 Å². The third kappa shape index (κ3) is 52.4. The van der Waals surface area contributed by atoms with Crippen molar-refractivity contribution in [3.63, 3.8) is 0 Å². The van der Waals surface area contributed by atoms with Gasteiger partial charge in [0.25, 0.3) is 0 Å². The quantitative estimate of drug-likeness (QED) is 0.0374. The van der Waals surface area contributed by atoms with E-state index in [0.29, 0.717) is 12.8 Å². The molecule has 0 aliphatic heterocycles. The van der Waals surface area contributed by atoms with Crippen molar-refractivity contribution < 1.29 is 24.2 Å². The average Bonchev–Trinajstić information content (AvgIpc) is 3.32. The first-order valence-electron chi connectivity index (χ1n) is 26.4. The number of hydrogen-bond acceptors (Lipinski definition) is 5. The van der Waals surface area contributed by atoms with Gasteiger partial charge in [-0.1, -0.05) is 224 Å². The van der Waals surface area contributed by atoms with Crippen LogP contribution in [0.2, 0.25) is 0 Å². The number of aliphatic hydroxyl groups is 1. The summed E-state index contributed by atoms with van der Waals surface area (Å²) >= 11 is 0. The molecule has 0 fully saturated rings. The minimum atomic E-state index is -0.796. The van der Waals surface area contributed by atoms with Crippen LogP contribution in [0.5, 0.6) is 0 Å². The monoisotopic (exact) mass is 909 g/mol. The van der Waals surface area contributed by atoms with Crippen molar-refractivity contribution in [2.24, 2.45) is 0 Å².